The Labute approximate surface area is 231 Å². The molecule has 0 bridgehead atoms. The molecule has 0 amide bonds. The summed E-state index contributed by atoms with van der Waals surface area (Å²) in [6, 6.07) is 27.2. The van der Waals surface area contributed by atoms with E-state index >= 15 is 0 Å². The molecule has 1 atom stereocenters. The number of nitrogens with zero attached hydrogens (tertiary/aromatic N) is 2. The normalized spacial score (nSPS) is 15.0. The van der Waals surface area contributed by atoms with Crippen LogP contribution in [0, 0.1) is 11.8 Å². The molecule has 1 unspecified atom stereocenters. The number of nitrogens with one attached hydrogen (secondary N) is 2. The van der Waals surface area contributed by atoms with E-state index in [-0.39, 0.29) is 6.04 Å². The van der Waals surface area contributed by atoms with Gasteiger partial charge < -0.3 is 14.8 Å². The van der Waals surface area contributed by atoms with Crippen LogP contribution in [0.5, 0.6) is 5.75 Å². The van der Waals surface area contributed by atoms with Crippen LogP contribution in [-0.2, 0) is 0 Å². The Morgan fingerprint density at radius 1 is 0.868 bits per heavy atom. The Morgan fingerprint density at radius 2 is 1.58 bits per heavy atom. The molecule has 1 saturated heterocycles. The molecule has 6 nitrogen and oxygen atoms in total. The summed E-state index contributed by atoms with van der Waals surface area (Å²) in [6.07, 6.45) is 2.81. The van der Waals surface area contributed by atoms with E-state index in [1.807, 2.05) is 42.0 Å². The lowest BCUT2D eigenvalue weighted by atomic mass is 9.96. The van der Waals surface area contributed by atoms with Gasteiger partial charge in [0.15, 0.2) is 0 Å². The Hall–Kier alpha value is -2.89. The lowest BCUT2D eigenvalue weighted by Crippen LogP contribution is -2.48. The van der Waals surface area contributed by atoms with Crippen molar-refractivity contribution in [1.82, 2.24) is 20.8 Å². The third-order valence-electron chi connectivity index (χ3n) is 6.75. The number of unbranched alkanes of at least 4 members (excludes halogenated alkanes) is 1. The molecule has 0 aliphatic carbocycles. The molecule has 3 aromatic carbocycles. The summed E-state index contributed by atoms with van der Waals surface area (Å²) < 4.78 is 5.93. The second-order valence-corrected chi connectivity index (χ2v) is 9.85. The first kappa shape index (κ1) is 28.1. The zero-order valence-electron chi connectivity index (χ0n) is 21.8. The van der Waals surface area contributed by atoms with Gasteiger partial charge in [0.2, 0.25) is 0 Å². The summed E-state index contributed by atoms with van der Waals surface area (Å²) in [6.45, 7) is 6.64. The molecule has 0 spiro atoms. The zero-order valence-corrected chi connectivity index (χ0v) is 22.5. The Bertz CT molecular complexity index is 1140. The fourth-order valence-electron chi connectivity index (χ4n) is 4.75. The largest absolute Gasteiger partial charge is 0.494 e. The maximum Gasteiger partial charge on any atom is 0.119 e. The fraction of sp³-hybridized carbons (Fsp3) is 0.355. The molecule has 3 aromatic rings. The highest BCUT2D eigenvalue weighted by Gasteiger charge is 2.26. The van der Waals surface area contributed by atoms with Crippen molar-refractivity contribution in [2.75, 3.05) is 45.9 Å². The number of halogens is 1. The number of rotatable bonds is 12. The molecular formula is C31H37ClN4O2. The van der Waals surface area contributed by atoms with Crippen LogP contribution in [0.2, 0.25) is 5.02 Å². The van der Waals surface area contributed by atoms with Crippen LogP contribution in [-0.4, -0.2) is 60.9 Å². The van der Waals surface area contributed by atoms with Crippen molar-refractivity contribution in [1.29, 1.82) is 0 Å². The summed E-state index contributed by atoms with van der Waals surface area (Å²) in [7, 11) is 0. The average Bonchev–Trinajstić information content (AvgIpc) is 2.96. The summed E-state index contributed by atoms with van der Waals surface area (Å²) in [5.74, 6) is 7.04. The van der Waals surface area contributed by atoms with E-state index in [1.165, 1.54) is 11.1 Å². The number of hydrogen-bond donors (Lipinski definition) is 3. The van der Waals surface area contributed by atoms with E-state index in [0.29, 0.717) is 13.0 Å². The van der Waals surface area contributed by atoms with Crippen molar-refractivity contribution in [3.63, 3.8) is 0 Å². The molecule has 1 fully saturated rings. The van der Waals surface area contributed by atoms with Gasteiger partial charge in [-0.3, -0.25) is 4.90 Å². The van der Waals surface area contributed by atoms with Crippen LogP contribution in [0.25, 0.3) is 0 Å². The monoisotopic (exact) mass is 532 g/mol. The first-order chi connectivity index (χ1) is 18.7. The molecule has 4 rings (SSSR count). The molecule has 1 aliphatic heterocycles. The van der Waals surface area contributed by atoms with Gasteiger partial charge in [-0.25, -0.2) is 5.43 Å². The van der Waals surface area contributed by atoms with E-state index in [9.17, 15) is 0 Å². The van der Waals surface area contributed by atoms with Crippen LogP contribution >= 0.6 is 11.6 Å². The molecule has 1 aliphatic rings. The molecule has 0 saturated carbocycles. The van der Waals surface area contributed by atoms with Gasteiger partial charge in [0.25, 0.3) is 0 Å². The topological polar surface area (TPSA) is 60.0 Å². The number of benzene rings is 3. The minimum absolute atomic E-state index is 0.252. The number of hydrogen-bond acceptors (Lipinski definition) is 6. The smallest absolute Gasteiger partial charge is 0.119 e. The van der Waals surface area contributed by atoms with E-state index in [1.54, 1.807) is 0 Å². The maximum atomic E-state index is 8.46. The lowest BCUT2D eigenvalue weighted by Gasteiger charge is -2.40. The summed E-state index contributed by atoms with van der Waals surface area (Å²) in [5.41, 5.74) is 8.06. The quantitative estimate of drug-likeness (QED) is 0.171. The van der Waals surface area contributed by atoms with Crippen LogP contribution in [0.15, 0.2) is 78.9 Å². The third-order valence-corrected chi connectivity index (χ3v) is 7.00. The zero-order chi connectivity index (χ0) is 26.4. The Morgan fingerprint density at radius 3 is 2.29 bits per heavy atom. The van der Waals surface area contributed by atoms with Gasteiger partial charge in [0.05, 0.1) is 12.6 Å². The minimum Gasteiger partial charge on any atom is -0.494 e. The molecular weight excluding hydrogens is 496 g/mol. The van der Waals surface area contributed by atoms with Crippen molar-refractivity contribution >= 4 is 11.6 Å². The lowest BCUT2D eigenvalue weighted by molar-refractivity contribution is 0.107. The molecule has 200 valence electrons. The van der Waals surface area contributed by atoms with E-state index in [2.05, 4.69) is 69.5 Å². The standard InChI is InChI=1S/C31H37ClN4O2/c32-29-15-13-28(14-16-29)31(27-9-2-1-3-10-27)36-23-21-35(22-24-36)20-6-7-25-38-30-17-11-26(12-18-30)8-4-5-19-33-34-37/h1-3,9-18,31,33-34,37H,5-7,19-25H2. The predicted molar refractivity (Wildman–Crippen MR) is 153 cm³/mol. The van der Waals surface area contributed by atoms with E-state index < -0.39 is 0 Å². The SMILES string of the molecule is ONNCCC#Cc1ccc(OCCCCN2CCN(C(c3ccccc3)c3ccc(Cl)cc3)CC2)cc1. The second kappa shape index (κ2) is 15.5. The summed E-state index contributed by atoms with van der Waals surface area (Å²) in [5, 5.41) is 9.24. The summed E-state index contributed by atoms with van der Waals surface area (Å²) in [4.78, 5) is 5.16. The third kappa shape index (κ3) is 8.85. The Balaban J connectivity index is 1.17. The molecule has 0 radical (unpaired) electrons. The van der Waals surface area contributed by atoms with Gasteiger partial charge >= 0.3 is 0 Å². The first-order valence-electron chi connectivity index (χ1n) is 13.3. The summed E-state index contributed by atoms with van der Waals surface area (Å²) >= 11 is 6.17. The van der Waals surface area contributed by atoms with Gasteiger partial charge in [0.1, 0.15) is 5.75 Å². The molecule has 7 heteroatoms. The van der Waals surface area contributed by atoms with Crippen molar-refractivity contribution < 1.29 is 9.94 Å². The van der Waals surface area contributed by atoms with Gasteiger partial charge in [0, 0.05) is 49.7 Å². The van der Waals surface area contributed by atoms with Crippen molar-refractivity contribution in [2.24, 2.45) is 0 Å². The number of ether oxygens (including phenoxy) is 1. The molecule has 1 heterocycles. The number of hydrazine groups is 1. The van der Waals surface area contributed by atoms with Crippen LogP contribution in [0.4, 0.5) is 0 Å². The van der Waals surface area contributed by atoms with Gasteiger partial charge in [-0.1, -0.05) is 65.9 Å². The first-order valence-corrected chi connectivity index (χ1v) is 13.7. The van der Waals surface area contributed by atoms with Crippen molar-refractivity contribution in [3.8, 4) is 17.6 Å². The highest BCUT2D eigenvalue weighted by molar-refractivity contribution is 6.30. The molecule has 3 N–H and O–H groups in total. The maximum absolute atomic E-state index is 8.46. The minimum atomic E-state index is 0.252. The fourth-order valence-corrected chi connectivity index (χ4v) is 4.87. The van der Waals surface area contributed by atoms with E-state index in [0.717, 1.165) is 68.5 Å². The Kier molecular flexibility index (Phi) is 11.5. The highest BCUT2D eigenvalue weighted by Crippen LogP contribution is 2.30. The van der Waals surface area contributed by atoms with Crippen LogP contribution in [0.1, 0.15) is 42.0 Å². The predicted octanol–water partition coefficient (Wildman–Crippen LogP) is 5.13. The second-order valence-electron chi connectivity index (χ2n) is 9.41. The van der Waals surface area contributed by atoms with Gasteiger partial charge in [-0.15, -0.1) is 5.59 Å². The highest BCUT2D eigenvalue weighted by atomic mass is 35.5. The number of piperazine rings is 1. The van der Waals surface area contributed by atoms with Gasteiger partial charge in [-0.2, -0.15) is 0 Å². The van der Waals surface area contributed by atoms with Crippen LogP contribution in [0.3, 0.4) is 0 Å². The van der Waals surface area contributed by atoms with Crippen molar-refractivity contribution in [2.45, 2.75) is 25.3 Å². The van der Waals surface area contributed by atoms with E-state index in [4.69, 9.17) is 21.5 Å². The van der Waals surface area contributed by atoms with Crippen molar-refractivity contribution in [3.05, 3.63) is 101 Å². The van der Waals surface area contributed by atoms with Crippen LogP contribution < -0.4 is 15.8 Å². The van der Waals surface area contributed by atoms with Gasteiger partial charge in [-0.05, 0) is 66.9 Å². The molecule has 38 heavy (non-hydrogen) atoms. The average molecular weight is 533 g/mol. The molecule has 0 aromatic heterocycles.